The minimum Gasteiger partial charge on any atom is -0.348 e. The predicted molar refractivity (Wildman–Crippen MR) is 118 cm³/mol. The van der Waals surface area contributed by atoms with Gasteiger partial charge >= 0.3 is 6.03 Å². The topological polar surface area (TPSA) is 87.3 Å². The zero-order valence-corrected chi connectivity index (χ0v) is 17.4. The number of urea groups is 1. The average molecular weight is 413 g/mol. The SMILES string of the molecule is Cc1cccc(-c2cccc(CNC(=O)c3cccc(C4(C)NC(=O)NC4=O)c3)c2)c1. The number of amides is 4. The van der Waals surface area contributed by atoms with Crippen molar-refractivity contribution in [1.82, 2.24) is 16.0 Å². The number of hydrogen-bond acceptors (Lipinski definition) is 3. The molecule has 156 valence electrons. The van der Waals surface area contributed by atoms with E-state index in [4.69, 9.17) is 0 Å². The highest BCUT2D eigenvalue weighted by Gasteiger charge is 2.43. The molecule has 6 nitrogen and oxygen atoms in total. The van der Waals surface area contributed by atoms with Crippen molar-refractivity contribution in [2.24, 2.45) is 0 Å². The standard InChI is InChI=1S/C25H23N3O3/c1-16-6-3-8-18(12-16)19-9-4-7-17(13-19)15-26-22(29)20-10-5-11-21(14-20)25(2)23(30)27-24(31)28-25/h3-14H,15H2,1-2H3,(H,26,29)(H2,27,28,30,31). The van der Waals surface area contributed by atoms with E-state index < -0.39 is 17.5 Å². The van der Waals surface area contributed by atoms with Crippen molar-refractivity contribution < 1.29 is 14.4 Å². The van der Waals surface area contributed by atoms with Crippen LogP contribution in [0.15, 0.2) is 72.8 Å². The van der Waals surface area contributed by atoms with Crippen LogP contribution in [0.25, 0.3) is 11.1 Å². The van der Waals surface area contributed by atoms with Gasteiger partial charge in [0.2, 0.25) is 0 Å². The lowest BCUT2D eigenvalue weighted by molar-refractivity contribution is -0.123. The number of rotatable bonds is 5. The fraction of sp³-hybridized carbons (Fsp3) is 0.160. The Morgan fingerprint density at radius 2 is 1.65 bits per heavy atom. The summed E-state index contributed by atoms with van der Waals surface area (Å²) in [5, 5.41) is 7.78. The fourth-order valence-electron chi connectivity index (χ4n) is 3.69. The Morgan fingerprint density at radius 1 is 0.935 bits per heavy atom. The molecular weight excluding hydrogens is 390 g/mol. The molecular formula is C25H23N3O3. The molecule has 1 fully saturated rings. The van der Waals surface area contributed by atoms with E-state index in [-0.39, 0.29) is 5.91 Å². The van der Waals surface area contributed by atoms with E-state index in [0.29, 0.717) is 17.7 Å². The number of benzene rings is 3. The maximum atomic E-state index is 12.7. The summed E-state index contributed by atoms with van der Waals surface area (Å²) >= 11 is 0. The van der Waals surface area contributed by atoms with Crippen LogP contribution in [-0.2, 0) is 16.9 Å². The van der Waals surface area contributed by atoms with Crippen LogP contribution in [0.2, 0.25) is 0 Å². The molecule has 3 N–H and O–H groups in total. The van der Waals surface area contributed by atoms with Gasteiger partial charge in [-0.1, -0.05) is 60.2 Å². The molecule has 0 saturated carbocycles. The van der Waals surface area contributed by atoms with Crippen molar-refractivity contribution in [2.75, 3.05) is 0 Å². The Bertz CT molecular complexity index is 1190. The predicted octanol–water partition coefficient (Wildman–Crippen LogP) is 3.65. The van der Waals surface area contributed by atoms with Gasteiger partial charge in [0, 0.05) is 12.1 Å². The molecule has 1 saturated heterocycles. The van der Waals surface area contributed by atoms with Crippen LogP contribution in [0.1, 0.15) is 34.0 Å². The van der Waals surface area contributed by atoms with E-state index in [1.807, 2.05) is 24.3 Å². The molecule has 3 aromatic rings. The van der Waals surface area contributed by atoms with Gasteiger partial charge in [0.1, 0.15) is 5.54 Å². The van der Waals surface area contributed by atoms with Gasteiger partial charge in [-0.15, -0.1) is 0 Å². The summed E-state index contributed by atoms with van der Waals surface area (Å²) in [4.78, 5) is 36.5. The monoisotopic (exact) mass is 413 g/mol. The summed E-state index contributed by atoms with van der Waals surface area (Å²) < 4.78 is 0. The molecule has 0 spiro atoms. The molecule has 0 aromatic heterocycles. The van der Waals surface area contributed by atoms with Crippen LogP contribution in [0.3, 0.4) is 0 Å². The highest BCUT2D eigenvalue weighted by molar-refractivity contribution is 6.07. The van der Waals surface area contributed by atoms with E-state index in [1.165, 1.54) is 5.56 Å². The van der Waals surface area contributed by atoms with Gasteiger partial charge in [-0.05, 0) is 54.3 Å². The summed E-state index contributed by atoms with van der Waals surface area (Å²) in [6.45, 7) is 4.04. The van der Waals surface area contributed by atoms with Crippen molar-refractivity contribution in [2.45, 2.75) is 25.9 Å². The molecule has 0 aliphatic carbocycles. The number of aryl methyl sites for hydroxylation is 1. The molecule has 1 unspecified atom stereocenters. The van der Waals surface area contributed by atoms with Gasteiger partial charge in [0.15, 0.2) is 0 Å². The number of imide groups is 1. The summed E-state index contributed by atoms with van der Waals surface area (Å²) in [7, 11) is 0. The molecule has 4 amide bonds. The lowest BCUT2D eigenvalue weighted by atomic mass is 9.91. The first-order chi connectivity index (χ1) is 14.8. The Hall–Kier alpha value is -3.93. The third kappa shape index (κ3) is 4.19. The molecule has 4 rings (SSSR count). The third-order valence-electron chi connectivity index (χ3n) is 5.48. The number of carbonyl (C=O) groups is 3. The molecule has 0 radical (unpaired) electrons. The molecule has 3 aromatic carbocycles. The van der Waals surface area contributed by atoms with E-state index in [9.17, 15) is 14.4 Å². The molecule has 0 bridgehead atoms. The minimum atomic E-state index is -1.20. The van der Waals surface area contributed by atoms with E-state index in [1.54, 1.807) is 31.2 Å². The average Bonchev–Trinajstić information content (AvgIpc) is 3.04. The Balaban J connectivity index is 1.48. The second-order valence-corrected chi connectivity index (χ2v) is 7.87. The second-order valence-electron chi connectivity index (χ2n) is 7.87. The molecule has 1 atom stereocenters. The van der Waals surface area contributed by atoms with Crippen molar-refractivity contribution in [3.63, 3.8) is 0 Å². The summed E-state index contributed by atoms with van der Waals surface area (Å²) in [5.74, 6) is -0.695. The van der Waals surface area contributed by atoms with Crippen molar-refractivity contribution in [3.8, 4) is 11.1 Å². The van der Waals surface area contributed by atoms with E-state index >= 15 is 0 Å². The van der Waals surface area contributed by atoms with Crippen LogP contribution in [0.5, 0.6) is 0 Å². The van der Waals surface area contributed by atoms with E-state index in [0.717, 1.165) is 16.7 Å². The smallest absolute Gasteiger partial charge is 0.322 e. The Morgan fingerprint density at radius 3 is 2.35 bits per heavy atom. The molecule has 1 aliphatic heterocycles. The van der Waals surface area contributed by atoms with Gasteiger partial charge in [-0.2, -0.15) is 0 Å². The lowest BCUT2D eigenvalue weighted by Crippen LogP contribution is -2.40. The first kappa shape index (κ1) is 20.3. The van der Waals surface area contributed by atoms with Crippen LogP contribution in [-0.4, -0.2) is 17.8 Å². The zero-order chi connectivity index (χ0) is 22.0. The number of carbonyl (C=O) groups excluding carboxylic acids is 3. The molecule has 1 heterocycles. The van der Waals surface area contributed by atoms with Gasteiger partial charge in [-0.3, -0.25) is 14.9 Å². The molecule has 31 heavy (non-hydrogen) atoms. The minimum absolute atomic E-state index is 0.254. The van der Waals surface area contributed by atoms with Gasteiger partial charge in [-0.25, -0.2) is 4.79 Å². The quantitative estimate of drug-likeness (QED) is 0.558. The van der Waals surface area contributed by atoms with Gasteiger partial charge in [0.05, 0.1) is 0 Å². The second kappa shape index (κ2) is 8.07. The van der Waals surface area contributed by atoms with Crippen LogP contribution >= 0.6 is 0 Å². The highest BCUT2D eigenvalue weighted by Crippen LogP contribution is 2.25. The number of hydrogen-bond donors (Lipinski definition) is 3. The largest absolute Gasteiger partial charge is 0.348 e. The summed E-state index contributed by atoms with van der Waals surface area (Å²) in [5.41, 5.74) is 4.16. The summed E-state index contributed by atoms with van der Waals surface area (Å²) in [6.07, 6.45) is 0. The normalized spacial score (nSPS) is 17.7. The van der Waals surface area contributed by atoms with Crippen LogP contribution in [0.4, 0.5) is 4.79 Å². The Labute approximate surface area is 180 Å². The Kier molecular flexibility index (Phi) is 5.29. The van der Waals surface area contributed by atoms with Crippen molar-refractivity contribution in [1.29, 1.82) is 0 Å². The molecule has 1 aliphatic rings. The fourth-order valence-corrected chi connectivity index (χ4v) is 3.69. The van der Waals surface area contributed by atoms with Crippen LogP contribution in [0, 0.1) is 6.92 Å². The molecule has 6 heteroatoms. The highest BCUT2D eigenvalue weighted by atomic mass is 16.2. The lowest BCUT2D eigenvalue weighted by Gasteiger charge is -2.21. The summed E-state index contributed by atoms with van der Waals surface area (Å²) in [6, 6.07) is 22.5. The van der Waals surface area contributed by atoms with Gasteiger partial charge < -0.3 is 10.6 Å². The van der Waals surface area contributed by atoms with E-state index in [2.05, 4.69) is 47.1 Å². The van der Waals surface area contributed by atoms with Gasteiger partial charge in [0.25, 0.3) is 11.8 Å². The maximum Gasteiger partial charge on any atom is 0.322 e. The number of nitrogens with one attached hydrogen (secondary N) is 3. The zero-order valence-electron chi connectivity index (χ0n) is 17.4. The third-order valence-corrected chi connectivity index (χ3v) is 5.48. The van der Waals surface area contributed by atoms with Crippen molar-refractivity contribution >= 4 is 17.8 Å². The maximum absolute atomic E-state index is 12.7. The van der Waals surface area contributed by atoms with Crippen LogP contribution < -0.4 is 16.0 Å². The van der Waals surface area contributed by atoms with Crippen molar-refractivity contribution in [3.05, 3.63) is 95.1 Å². The first-order valence-corrected chi connectivity index (χ1v) is 10.0. The first-order valence-electron chi connectivity index (χ1n) is 10.0.